The Hall–Kier alpha value is -1.42. The third-order valence-corrected chi connectivity index (χ3v) is 2.49. The zero-order valence-corrected chi connectivity index (χ0v) is 8.80. The van der Waals surface area contributed by atoms with Crippen molar-refractivity contribution in [1.29, 1.82) is 0 Å². The van der Waals surface area contributed by atoms with Crippen LogP contribution in [0.2, 0.25) is 5.02 Å². The summed E-state index contributed by atoms with van der Waals surface area (Å²) in [5.74, 6) is 0.230. The van der Waals surface area contributed by atoms with Crippen LogP contribution in [0.4, 0.5) is 0 Å². The molecule has 1 aliphatic heterocycles. The first-order chi connectivity index (χ1) is 7.11. The fourth-order valence-electron chi connectivity index (χ4n) is 1.46. The van der Waals surface area contributed by atoms with Crippen molar-refractivity contribution in [2.75, 3.05) is 13.2 Å². The molecule has 0 saturated carbocycles. The smallest absolute Gasteiger partial charge is 0.173 e. The number of carbonyl (C=O) groups is 1. The maximum Gasteiger partial charge on any atom is 0.173 e. The first-order valence-corrected chi connectivity index (χ1v) is 4.81. The number of halogens is 1. The molecule has 0 unspecified atom stereocenters. The number of phenols is 1. The summed E-state index contributed by atoms with van der Waals surface area (Å²) in [6.07, 6.45) is 0. The number of aromatic hydroxyl groups is 1. The number of phenolic OH excluding ortho intramolecular Hbond substituents is 1. The zero-order valence-electron chi connectivity index (χ0n) is 8.04. The van der Waals surface area contributed by atoms with Crippen molar-refractivity contribution < 1.29 is 19.4 Å². The monoisotopic (exact) mass is 228 g/mol. The van der Waals surface area contributed by atoms with Crippen LogP contribution in [0.5, 0.6) is 17.2 Å². The lowest BCUT2D eigenvalue weighted by Crippen LogP contribution is -2.17. The van der Waals surface area contributed by atoms with Crippen molar-refractivity contribution in [1.82, 2.24) is 0 Å². The van der Waals surface area contributed by atoms with Gasteiger partial charge in [-0.2, -0.15) is 0 Å². The summed E-state index contributed by atoms with van der Waals surface area (Å²) in [5.41, 5.74) is 0.173. The first kappa shape index (κ1) is 10.1. The predicted molar refractivity (Wildman–Crippen MR) is 54.1 cm³/mol. The summed E-state index contributed by atoms with van der Waals surface area (Å²) >= 11 is 5.82. The lowest BCUT2D eigenvalue weighted by atomic mass is 10.1. The molecular formula is C10H9ClO4. The normalized spacial score (nSPS) is 13.7. The molecule has 0 saturated heterocycles. The molecule has 0 aromatic heterocycles. The van der Waals surface area contributed by atoms with E-state index in [2.05, 4.69) is 0 Å². The Bertz CT molecular complexity index is 428. The van der Waals surface area contributed by atoms with Crippen LogP contribution < -0.4 is 9.47 Å². The van der Waals surface area contributed by atoms with Gasteiger partial charge in [0.05, 0.1) is 10.6 Å². The minimum absolute atomic E-state index is 0.00625. The number of benzene rings is 1. The highest BCUT2D eigenvalue weighted by Gasteiger charge is 2.24. The molecule has 1 N–H and O–H groups in total. The molecule has 0 radical (unpaired) electrons. The van der Waals surface area contributed by atoms with E-state index in [0.29, 0.717) is 24.7 Å². The molecule has 0 bridgehead atoms. The maximum atomic E-state index is 11.4. The van der Waals surface area contributed by atoms with Gasteiger partial charge < -0.3 is 14.6 Å². The van der Waals surface area contributed by atoms with Gasteiger partial charge in [0.25, 0.3) is 0 Å². The Balaban J connectivity index is 2.68. The van der Waals surface area contributed by atoms with Crippen LogP contribution >= 0.6 is 11.6 Å². The molecule has 0 amide bonds. The number of ketones is 1. The van der Waals surface area contributed by atoms with Gasteiger partial charge >= 0.3 is 0 Å². The summed E-state index contributed by atoms with van der Waals surface area (Å²) in [6.45, 7) is 2.12. The average Bonchev–Trinajstić information content (AvgIpc) is 2.19. The molecule has 4 nitrogen and oxygen atoms in total. The Morgan fingerprint density at radius 3 is 2.80 bits per heavy atom. The minimum atomic E-state index is -0.266. The molecule has 2 rings (SSSR count). The van der Waals surface area contributed by atoms with Gasteiger partial charge in [-0.3, -0.25) is 4.79 Å². The summed E-state index contributed by atoms with van der Waals surface area (Å²) in [4.78, 5) is 11.4. The average molecular weight is 229 g/mol. The summed E-state index contributed by atoms with van der Waals surface area (Å²) in [6, 6.07) is 1.35. The van der Waals surface area contributed by atoms with E-state index in [-0.39, 0.29) is 22.1 Å². The van der Waals surface area contributed by atoms with Crippen molar-refractivity contribution in [3.63, 3.8) is 0 Å². The van der Waals surface area contributed by atoms with E-state index in [1.165, 1.54) is 13.0 Å². The molecule has 0 atom stereocenters. The van der Waals surface area contributed by atoms with Crippen LogP contribution in [0.3, 0.4) is 0 Å². The SMILES string of the molecule is CC(=O)c1c(Cl)c(O)cc2c1OCCO2. The quantitative estimate of drug-likeness (QED) is 0.748. The van der Waals surface area contributed by atoms with Gasteiger partial charge in [0.2, 0.25) is 0 Å². The number of fused-ring (bicyclic) bond motifs is 1. The second-order valence-electron chi connectivity index (χ2n) is 3.17. The van der Waals surface area contributed by atoms with Crippen LogP contribution in [0.25, 0.3) is 0 Å². The Morgan fingerprint density at radius 1 is 1.47 bits per heavy atom. The second-order valence-corrected chi connectivity index (χ2v) is 3.54. The van der Waals surface area contributed by atoms with Crippen molar-refractivity contribution in [3.05, 3.63) is 16.7 Å². The van der Waals surface area contributed by atoms with Gasteiger partial charge in [0, 0.05) is 6.07 Å². The van der Waals surface area contributed by atoms with E-state index >= 15 is 0 Å². The molecule has 80 valence electrons. The molecule has 0 spiro atoms. The van der Waals surface area contributed by atoms with Crippen molar-refractivity contribution in [3.8, 4) is 17.2 Å². The number of carbonyl (C=O) groups excluding carboxylic acids is 1. The van der Waals surface area contributed by atoms with Gasteiger partial charge in [0.15, 0.2) is 17.3 Å². The third-order valence-electron chi connectivity index (χ3n) is 2.10. The molecule has 1 aromatic rings. The molecule has 15 heavy (non-hydrogen) atoms. The third kappa shape index (κ3) is 1.61. The Kier molecular flexibility index (Phi) is 2.44. The van der Waals surface area contributed by atoms with Crippen LogP contribution in [0.1, 0.15) is 17.3 Å². The van der Waals surface area contributed by atoms with Crippen LogP contribution in [0, 0.1) is 0 Å². The number of Topliss-reactive ketones (excluding diaryl/α,β-unsaturated/α-hetero) is 1. The zero-order chi connectivity index (χ0) is 11.0. The summed E-state index contributed by atoms with van der Waals surface area (Å²) in [5, 5.41) is 9.49. The van der Waals surface area contributed by atoms with E-state index in [1.807, 2.05) is 0 Å². The highest BCUT2D eigenvalue weighted by Crippen LogP contribution is 2.43. The van der Waals surface area contributed by atoms with Crippen molar-refractivity contribution >= 4 is 17.4 Å². The van der Waals surface area contributed by atoms with E-state index < -0.39 is 0 Å². The van der Waals surface area contributed by atoms with E-state index in [9.17, 15) is 9.90 Å². The maximum absolute atomic E-state index is 11.4. The van der Waals surface area contributed by atoms with Crippen molar-refractivity contribution in [2.24, 2.45) is 0 Å². The Morgan fingerprint density at radius 2 is 2.13 bits per heavy atom. The fraction of sp³-hybridized carbons (Fsp3) is 0.300. The van der Waals surface area contributed by atoms with E-state index in [0.717, 1.165) is 0 Å². The first-order valence-electron chi connectivity index (χ1n) is 4.43. The highest BCUT2D eigenvalue weighted by molar-refractivity contribution is 6.35. The van der Waals surface area contributed by atoms with Gasteiger partial charge in [-0.05, 0) is 6.92 Å². The second kappa shape index (κ2) is 3.62. The van der Waals surface area contributed by atoms with Gasteiger partial charge in [-0.15, -0.1) is 0 Å². The predicted octanol–water partition coefficient (Wildman–Crippen LogP) is 2.02. The lowest BCUT2D eigenvalue weighted by molar-refractivity contribution is 0.100. The molecule has 0 fully saturated rings. The molecule has 0 aliphatic carbocycles. The Labute approximate surface area is 91.4 Å². The van der Waals surface area contributed by atoms with Crippen molar-refractivity contribution in [2.45, 2.75) is 6.92 Å². The molecular weight excluding hydrogens is 220 g/mol. The summed E-state index contributed by atoms with van der Waals surface area (Å²) in [7, 11) is 0. The molecule has 1 aliphatic rings. The number of rotatable bonds is 1. The number of hydrogen-bond acceptors (Lipinski definition) is 4. The summed E-state index contributed by atoms with van der Waals surface area (Å²) < 4.78 is 10.6. The van der Waals surface area contributed by atoms with Gasteiger partial charge in [-0.1, -0.05) is 11.6 Å². The van der Waals surface area contributed by atoms with Crippen LogP contribution in [-0.4, -0.2) is 24.1 Å². The topological polar surface area (TPSA) is 55.8 Å². The van der Waals surface area contributed by atoms with Gasteiger partial charge in [0.1, 0.15) is 19.0 Å². The van der Waals surface area contributed by atoms with E-state index in [1.54, 1.807) is 0 Å². The van der Waals surface area contributed by atoms with Crippen LogP contribution in [0.15, 0.2) is 6.07 Å². The lowest BCUT2D eigenvalue weighted by Gasteiger charge is -2.21. The fourth-order valence-corrected chi connectivity index (χ4v) is 1.74. The number of hydrogen-bond donors (Lipinski definition) is 1. The van der Waals surface area contributed by atoms with Gasteiger partial charge in [-0.25, -0.2) is 0 Å². The minimum Gasteiger partial charge on any atom is -0.506 e. The molecule has 5 heteroatoms. The largest absolute Gasteiger partial charge is 0.506 e. The van der Waals surface area contributed by atoms with Crippen LogP contribution in [-0.2, 0) is 0 Å². The van der Waals surface area contributed by atoms with E-state index in [4.69, 9.17) is 21.1 Å². The molecule has 1 aromatic carbocycles. The highest BCUT2D eigenvalue weighted by atomic mass is 35.5. The molecule has 1 heterocycles. The number of ether oxygens (including phenoxy) is 2. The standard InChI is InChI=1S/C10H9ClO4/c1-5(12)8-9(11)6(13)4-7-10(8)15-3-2-14-7/h4,13H,2-3H2,1H3.